The summed E-state index contributed by atoms with van der Waals surface area (Å²) in [6.45, 7) is 2.04. The van der Waals surface area contributed by atoms with Crippen LogP contribution in [-0.4, -0.2) is 30.3 Å². The summed E-state index contributed by atoms with van der Waals surface area (Å²) < 4.78 is 10.8. The van der Waals surface area contributed by atoms with Gasteiger partial charge in [-0.2, -0.15) is 4.98 Å². The van der Waals surface area contributed by atoms with Crippen molar-refractivity contribution in [3.8, 4) is 0 Å². The third-order valence-electron chi connectivity index (χ3n) is 3.66. The second kappa shape index (κ2) is 4.74. The van der Waals surface area contributed by atoms with Crippen LogP contribution in [0.3, 0.4) is 0 Å². The fourth-order valence-corrected chi connectivity index (χ4v) is 2.50. The van der Waals surface area contributed by atoms with E-state index in [4.69, 9.17) is 9.26 Å². The lowest BCUT2D eigenvalue weighted by Gasteiger charge is -2.18. The van der Waals surface area contributed by atoms with Crippen LogP contribution in [0.1, 0.15) is 49.4 Å². The number of nitrogens with one attached hydrogen (secondary N) is 1. The molecule has 1 aliphatic heterocycles. The lowest BCUT2D eigenvalue weighted by atomic mass is 10.00. The van der Waals surface area contributed by atoms with Crippen molar-refractivity contribution < 1.29 is 9.26 Å². The topological polar surface area (TPSA) is 60.2 Å². The Bertz CT molecular complexity index is 370. The SMILES string of the molecule is COC(c1noc(C2CCCNC2)n1)C1CC1. The molecule has 5 heteroatoms. The highest BCUT2D eigenvalue weighted by Gasteiger charge is 2.36. The number of methoxy groups -OCH3 is 1. The minimum Gasteiger partial charge on any atom is -0.373 e. The highest BCUT2D eigenvalue weighted by atomic mass is 16.5. The zero-order valence-electron chi connectivity index (χ0n) is 10.2. The number of hydrogen-bond acceptors (Lipinski definition) is 5. The Labute approximate surface area is 101 Å². The molecule has 1 aliphatic carbocycles. The van der Waals surface area contributed by atoms with Gasteiger partial charge in [-0.05, 0) is 38.1 Å². The Morgan fingerprint density at radius 1 is 1.41 bits per heavy atom. The Hall–Kier alpha value is -0.940. The fourth-order valence-electron chi connectivity index (χ4n) is 2.50. The van der Waals surface area contributed by atoms with E-state index in [2.05, 4.69) is 15.5 Å². The minimum atomic E-state index is 0.0315. The van der Waals surface area contributed by atoms with Crippen molar-refractivity contribution >= 4 is 0 Å². The predicted molar refractivity (Wildman–Crippen MR) is 61.6 cm³/mol. The lowest BCUT2D eigenvalue weighted by molar-refractivity contribution is 0.0751. The summed E-state index contributed by atoms with van der Waals surface area (Å²) in [5.74, 6) is 2.47. The van der Waals surface area contributed by atoms with Gasteiger partial charge in [0.1, 0.15) is 6.10 Å². The van der Waals surface area contributed by atoms with E-state index in [-0.39, 0.29) is 6.10 Å². The number of aromatic nitrogens is 2. The average molecular weight is 237 g/mol. The van der Waals surface area contributed by atoms with Gasteiger partial charge in [0, 0.05) is 13.7 Å². The second-order valence-corrected chi connectivity index (χ2v) is 5.03. The largest absolute Gasteiger partial charge is 0.373 e. The molecule has 17 heavy (non-hydrogen) atoms. The maximum Gasteiger partial charge on any atom is 0.231 e. The van der Waals surface area contributed by atoms with Gasteiger partial charge in [-0.3, -0.25) is 0 Å². The van der Waals surface area contributed by atoms with E-state index in [9.17, 15) is 0 Å². The van der Waals surface area contributed by atoms with Crippen LogP contribution < -0.4 is 5.32 Å². The van der Waals surface area contributed by atoms with Gasteiger partial charge in [-0.15, -0.1) is 0 Å². The van der Waals surface area contributed by atoms with Crippen molar-refractivity contribution in [2.75, 3.05) is 20.2 Å². The molecule has 0 aromatic carbocycles. The maximum atomic E-state index is 5.46. The van der Waals surface area contributed by atoms with E-state index >= 15 is 0 Å². The predicted octanol–water partition coefficient (Wildman–Crippen LogP) is 1.63. The highest BCUT2D eigenvalue weighted by molar-refractivity contribution is 5.02. The second-order valence-electron chi connectivity index (χ2n) is 5.03. The molecule has 0 amide bonds. The minimum absolute atomic E-state index is 0.0315. The van der Waals surface area contributed by atoms with Crippen molar-refractivity contribution in [1.29, 1.82) is 0 Å². The molecule has 3 rings (SSSR count). The quantitative estimate of drug-likeness (QED) is 0.862. The summed E-state index contributed by atoms with van der Waals surface area (Å²) in [6.07, 6.45) is 4.78. The zero-order valence-corrected chi connectivity index (χ0v) is 10.2. The van der Waals surface area contributed by atoms with Gasteiger partial charge >= 0.3 is 0 Å². The molecule has 1 aromatic heterocycles. The molecule has 1 saturated carbocycles. The van der Waals surface area contributed by atoms with Crippen LogP contribution in [0.25, 0.3) is 0 Å². The summed E-state index contributed by atoms with van der Waals surface area (Å²) in [6, 6.07) is 0. The van der Waals surface area contributed by atoms with E-state index in [1.807, 2.05) is 0 Å². The summed E-state index contributed by atoms with van der Waals surface area (Å²) >= 11 is 0. The Morgan fingerprint density at radius 3 is 2.94 bits per heavy atom. The van der Waals surface area contributed by atoms with Crippen LogP contribution in [-0.2, 0) is 4.74 Å². The van der Waals surface area contributed by atoms with Crippen LogP contribution in [0.15, 0.2) is 4.52 Å². The van der Waals surface area contributed by atoms with E-state index in [1.165, 1.54) is 19.3 Å². The normalized spacial score (nSPS) is 27.0. The van der Waals surface area contributed by atoms with Crippen LogP contribution in [0, 0.1) is 5.92 Å². The zero-order chi connectivity index (χ0) is 11.7. The molecule has 2 aliphatic rings. The third kappa shape index (κ3) is 2.35. The molecule has 0 bridgehead atoms. The molecule has 0 radical (unpaired) electrons. The first kappa shape index (κ1) is 11.2. The number of ether oxygens (including phenoxy) is 1. The van der Waals surface area contributed by atoms with Crippen LogP contribution in [0.5, 0.6) is 0 Å². The van der Waals surface area contributed by atoms with Crippen LogP contribution in [0.2, 0.25) is 0 Å². The third-order valence-corrected chi connectivity index (χ3v) is 3.66. The molecule has 1 N–H and O–H groups in total. The number of hydrogen-bond donors (Lipinski definition) is 1. The Morgan fingerprint density at radius 2 is 2.29 bits per heavy atom. The van der Waals surface area contributed by atoms with Crippen molar-refractivity contribution in [1.82, 2.24) is 15.5 Å². The molecule has 1 aromatic rings. The smallest absolute Gasteiger partial charge is 0.231 e. The molecule has 0 spiro atoms. The Balaban J connectivity index is 1.72. The van der Waals surface area contributed by atoms with Gasteiger partial charge in [-0.1, -0.05) is 5.16 Å². The molecule has 5 nitrogen and oxygen atoms in total. The molecule has 2 fully saturated rings. The van der Waals surface area contributed by atoms with Gasteiger partial charge < -0.3 is 14.6 Å². The molecular weight excluding hydrogens is 218 g/mol. The van der Waals surface area contributed by atoms with Crippen molar-refractivity contribution in [3.05, 3.63) is 11.7 Å². The number of piperidine rings is 1. The number of nitrogens with zero attached hydrogens (tertiary/aromatic N) is 2. The van der Waals surface area contributed by atoms with Crippen molar-refractivity contribution in [2.24, 2.45) is 5.92 Å². The summed E-state index contributed by atoms with van der Waals surface area (Å²) in [4.78, 5) is 4.52. The van der Waals surface area contributed by atoms with E-state index < -0.39 is 0 Å². The van der Waals surface area contributed by atoms with Gasteiger partial charge in [0.05, 0.1) is 5.92 Å². The first-order chi connectivity index (χ1) is 8.38. The average Bonchev–Trinajstić information content (AvgIpc) is 3.09. The van der Waals surface area contributed by atoms with E-state index in [1.54, 1.807) is 7.11 Å². The summed E-state index contributed by atoms with van der Waals surface area (Å²) in [5, 5.41) is 7.45. The lowest BCUT2D eigenvalue weighted by Crippen LogP contribution is -2.28. The molecule has 94 valence electrons. The standard InChI is InChI=1S/C12H19N3O2/c1-16-10(8-4-5-8)11-14-12(17-15-11)9-3-2-6-13-7-9/h8-10,13H,2-7H2,1H3. The number of rotatable bonds is 4. The van der Waals surface area contributed by atoms with Crippen molar-refractivity contribution in [3.63, 3.8) is 0 Å². The van der Waals surface area contributed by atoms with Gasteiger partial charge in [0.2, 0.25) is 11.7 Å². The van der Waals surface area contributed by atoms with Gasteiger partial charge in [0.15, 0.2) is 0 Å². The highest BCUT2D eigenvalue weighted by Crippen LogP contribution is 2.42. The summed E-state index contributed by atoms with van der Waals surface area (Å²) in [7, 11) is 1.72. The molecule has 1 saturated heterocycles. The van der Waals surface area contributed by atoms with Crippen molar-refractivity contribution in [2.45, 2.75) is 37.7 Å². The van der Waals surface area contributed by atoms with Gasteiger partial charge in [0.25, 0.3) is 0 Å². The Kier molecular flexibility index (Phi) is 3.11. The van der Waals surface area contributed by atoms with E-state index in [0.29, 0.717) is 11.8 Å². The monoisotopic (exact) mass is 237 g/mol. The molecular formula is C12H19N3O2. The first-order valence-corrected chi connectivity index (χ1v) is 6.45. The van der Waals surface area contributed by atoms with Crippen LogP contribution in [0.4, 0.5) is 0 Å². The first-order valence-electron chi connectivity index (χ1n) is 6.45. The maximum absolute atomic E-state index is 5.46. The molecule has 2 unspecified atom stereocenters. The molecule has 2 heterocycles. The van der Waals surface area contributed by atoms with E-state index in [0.717, 1.165) is 31.2 Å². The summed E-state index contributed by atoms with van der Waals surface area (Å²) in [5.41, 5.74) is 0. The van der Waals surface area contributed by atoms with Gasteiger partial charge in [-0.25, -0.2) is 0 Å². The fraction of sp³-hybridized carbons (Fsp3) is 0.833. The molecule has 2 atom stereocenters. The van der Waals surface area contributed by atoms with Crippen LogP contribution >= 0.6 is 0 Å².